The molecule has 0 aromatic heterocycles. The zero-order valence-electron chi connectivity index (χ0n) is 7.22. The highest BCUT2D eigenvalue weighted by Crippen LogP contribution is 2.53. The van der Waals surface area contributed by atoms with Crippen LogP contribution in [0.4, 0.5) is 0 Å². The second-order valence-electron chi connectivity index (χ2n) is 3.32. The molecule has 0 saturated carbocycles. The van der Waals surface area contributed by atoms with Crippen molar-refractivity contribution in [2.45, 2.75) is 0 Å². The van der Waals surface area contributed by atoms with E-state index in [9.17, 15) is 0 Å². The molecule has 0 heterocycles. The molecular formula is C12H6Cl2. The van der Waals surface area contributed by atoms with Crippen LogP contribution in [0.25, 0.3) is 22.3 Å². The maximum absolute atomic E-state index is 6.11. The van der Waals surface area contributed by atoms with Crippen molar-refractivity contribution in [1.29, 1.82) is 0 Å². The Bertz CT molecular complexity index is 480. The maximum atomic E-state index is 6.11. The first kappa shape index (κ1) is 8.34. The minimum Gasteiger partial charge on any atom is -0.0836 e. The Balaban J connectivity index is 2.37. The maximum Gasteiger partial charge on any atom is 0.0491 e. The van der Waals surface area contributed by atoms with E-state index in [2.05, 4.69) is 12.1 Å². The molecule has 0 saturated heterocycles. The molecule has 0 fully saturated rings. The van der Waals surface area contributed by atoms with Gasteiger partial charge in [-0.25, -0.2) is 0 Å². The van der Waals surface area contributed by atoms with Gasteiger partial charge in [0.25, 0.3) is 0 Å². The Kier molecular flexibility index (Phi) is 1.64. The average molecular weight is 221 g/mol. The van der Waals surface area contributed by atoms with Crippen LogP contribution >= 0.6 is 23.2 Å². The minimum absolute atomic E-state index is 0.781. The largest absolute Gasteiger partial charge is 0.0836 e. The number of fused-ring (bicyclic) bond motifs is 4. The summed E-state index contributed by atoms with van der Waals surface area (Å²) in [6.07, 6.45) is 0. The van der Waals surface area contributed by atoms with Gasteiger partial charge in [-0.15, -0.1) is 0 Å². The highest BCUT2D eigenvalue weighted by atomic mass is 35.5. The molecule has 0 nitrogen and oxygen atoms in total. The summed E-state index contributed by atoms with van der Waals surface area (Å²) in [7, 11) is 0. The van der Waals surface area contributed by atoms with Crippen LogP contribution in [0.2, 0.25) is 10.0 Å². The molecule has 0 amide bonds. The van der Waals surface area contributed by atoms with Gasteiger partial charge in [0.2, 0.25) is 0 Å². The van der Waals surface area contributed by atoms with E-state index >= 15 is 0 Å². The molecule has 0 spiro atoms. The van der Waals surface area contributed by atoms with Gasteiger partial charge < -0.3 is 0 Å². The fourth-order valence-electron chi connectivity index (χ4n) is 1.94. The summed E-state index contributed by atoms with van der Waals surface area (Å²) in [6.45, 7) is 0. The first-order valence-electron chi connectivity index (χ1n) is 4.37. The van der Waals surface area contributed by atoms with Crippen molar-refractivity contribution in [2.75, 3.05) is 0 Å². The van der Waals surface area contributed by atoms with E-state index in [0.29, 0.717) is 0 Å². The van der Waals surface area contributed by atoms with E-state index in [-0.39, 0.29) is 0 Å². The van der Waals surface area contributed by atoms with Crippen LogP contribution in [0.1, 0.15) is 0 Å². The molecule has 0 aliphatic heterocycles. The quantitative estimate of drug-likeness (QED) is 0.518. The molecule has 1 aliphatic rings. The smallest absolute Gasteiger partial charge is 0.0491 e. The van der Waals surface area contributed by atoms with Gasteiger partial charge in [-0.2, -0.15) is 0 Å². The van der Waals surface area contributed by atoms with E-state index in [1.807, 2.05) is 24.3 Å². The molecular weight excluding hydrogens is 215 g/mol. The fraction of sp³-hybridized carbons (Fsp3) is 0. The van der Waals surface area contributed by atoms with Gasteiger partial charge in [0.15, 0.2) is 0 Å². The number of hydrogen-bond donors (Lipinski definition) is 0. The van der Waals surface area contributed by atoms with Crippen molar-refractivity contribution in [1.82, 2.24) is 0 Å². The summed E-state index contributed by atoms with van der Waals surface area (Å²) in [5.41, 5.74) is 4.59. The van der Waals surface area contributed by atoms with Gasteiger partial charge in [0.1, 0.15) is 0 Å². The highest BCUT2D eigenvalue weighted by Gasteiger charge is 2.26. The van der Waals surface area contributed by atoms with E-state index in [0.717, 1.165) is 21.2 Å². The van der Waals surface area contributed by atoms with Crippen molar-refractivity contribution in [2.24, 2.45) is 0 Å². The highest BCUT2D eigenvalue weighted by molar-refractivity contribution is 6.40. The van der Waals surface area contributed by atoms with Crippen LogP contribution in [0, 0.1) is 0 Å². The molecule has 2 aromatic carbocycles. The van der Waals surface area contributed by atoms with Crippen molar-refractivity contribution in [3.63, 3.8) is 0 Å². The number of halogens is 2. The Morgan fingerprint density at radius 2 is 1.07 bits per heavy atom. The monoisotopic (exact) mass is 220 g/mol. The molecule has 0 N–H and O–H groups in total. The van der Waals surface area contributed by atoms with Crippen LogP contribution in [0.5, 0.6) is 0 Å². The molecule has 2 heteroatoms. The summed E-state index contributed by atoms with van der Waals surface area (Å²) in [5, 5.41) is 1.56. The zero-order chi connectivity index (χ0) is 9.71. The van der Waals surface area contributed by atoms with Crippen molar-refractivity contribution >= 4 is 23.2 Å². The summed E-state index contributed by atoms with van der Waals surface area (Å²) in [6, 6.07) is 11.9. The zero-order valence-corrected chi connectivity index (χ0v) is 8.73. The topological polar surface area (TPSA) is 0 Å². The Labute approximate surface area is 92.1 Å². The van der Waals surface area contributed by atoms with Crippen molar-refractivity contribution in [3.8, 4) is 22.3 Å². The molecule has 68 valence electrons. The lowest BCUT2D eigenvalue weighted by molar-refractivity contribution is 1.52. The van der Waals surface area contributed by atoms with Gasteiger partial charge in [-0.3, -0.25) is 0 Å². The van der Waals surface area contributed by atoms with Crippen molar-refractivity contribution < 1.29 is 0 Å². The molecule has 2 aromatic rings. The van der Waals surface area contributed by atoms with E-state index in [1.165, 1.54) is 11.1 Å². The Hall–Kier alpha value is -0.980. The number of rotatable bonds is 0. The predicted molar refractivity (Wildman–Crippen MR) is 60.9 cm³/mol. The normalized spacial score (nSPS) is 11.6. The first-order valence-corrected chi connectivity index (χ1v) is 5.12. The van der Waals surface area contributed by atoms with E-state index < -0.39 is 0 Å². The van der Waals surface area contributed by atoms with Gasteiger partial charge in [0, 0.05) is 21.2 Å². The van der Waals surface area contributed by atoms with Crippen molar-refractivity contribution in [3.05, 3.63) is 46.4 Å². The lowest BCUT2D eigenvalue weighted by atomic mass is 9.81. The Morgan fingerprint density at radius 3 is 1.50 bits per heavy atom. The summed E-state index contributed by atoms with van der Waals surface area (Å²) in [4.78, 5) is 0. The van der Waals surface area contributed by atoms with E-state index in [4.69, 9.17) is 23.2 Å². The number of hydrogen-bond acceptors (Lipinski definition) is 0. The molecule has 3 rings (SSSR count). The molecule has 1 aliphatic carbocycles. The minimum atomic E-state index is 0.781. The summed E-state index contributed by atoms with van der Waals surface area (Å²) < 4.78 is 0. The van der Waals surface area contributed by atoms with Crippen LogP contribution in [-0.2, 0) is 0 Å². The Morgan fingerprint density at radius 1 is 0.643 bits per heavy atom. The van der Waals surface area contributed by atoms with Crippen LogP contribution < -0.4 is 0 Å². The summed E-state index contributed by atoms with van der Waals surface area (Å²) in [5.74, 6) is 0. The fourth-order valence-corrected chi connectivity index (χ4v) is 2.48. The third kappa shape index (κ3) is 0.902. The van der Waals surface area contributed by atoms with Crippen LogP contribution in [-0.4, -0.2) is 0 Å². The van der Waals surface area contributed by atoms with Gasteiger partial charge >= 0.3 is 0 Å². The van der Waals surface area contributed by atoms with Crippen LogP contribution in [0.15, 0.2) is 36.4 Å². The first-order chi connectivity index (χ1) is 6.79. The SMILES string of the molecule is Clc1cccc2c1-c1c(Cl)cccc1-2. The molecule has 14 heavy (non-hydrogen) atoms. The molecule has 0 bridgehead atoms. The predicted octanol–water partition coefficient (Wildman–Crippen LogP) is 4.64. The third-order valence-corrected chi connectivity index (χ3v) is 3.20. The molecule has 0 unspecified atom stereocenters. The van der Waals surface area contributed by atoms with Gasteiger partial charge in [0.05, 0.1) is 0 Å². The van der Waals surface area contributed by atoms with Gasteiger partial charge in [-0.1, -0.05) is 47.5 Å². The molecule has 0 atom stereocenters. The van der Waals surface area contributed by atoms with Gasteiger partial charge in [-0.05, 0) is 23.3 Å². The second-order valence-corrected chi connectivity index (χ2v) is 4.14. The standard InChI is InChI=1S/C12H6Cl2/c13-9-5-1-3-7-8-4-2-6-10(14)12(8)11(7)9/h1-6H. The lowest BCUT2D eigenvalue weighted by Gasteiger charge is -2.25. The lowest BCUT2D eigenvalue weighted by Crippen LogP contribution is -1.99. The van der Waals surface area contributed by atoms with Crippen LogP contribution in [0.3, 0.4) is 0 Å². The second kappa shape index (κ2) is 2.75. The third-order valence-electron chi connectivity index (χ3n) is 2.57. The average Bonchev–Trinajstić information content (AvgIpc) is 2.14. The summed E-state index contributed by atoms with van der Waals surface area (Å²) >= 11 is 12.2. The number of benzene rings is 2. The molecule has 0 radical (unpaired) electrons. The van der Waals surface area contributed by atoms with E-state index in [1.54, 1.807) is 0 Å².